The van der Waals surface area contributed by atoms with Crippen LogP contribution in [0.15, 0.2) is 30.3 Å². The predicted molar refractivity (Wildman–Crippen MR) is 63.8 cm³/mol. The van der Waals surface area contributed by atoms with Crippen molar-refractivity contribution in [3.8, 4) is 0 Å². The van der Waals surface area contributed by atoms with Crippen LogP contribution in [0.2, 0.25) is 0 Å². The molecule has 2 nitrogen and oxygen atoms in total. The van der Waals surface area contributed by atoms with E-state index in [-0.39, 0.29) is 18.1 Å². The van der Waals surface area contributed by atoms with E-state index in [9.17, 15) is 0 Å². The number of aliphatic hydroxyl groups excluding tert-OH is 1. The lowest BCUT2D eigenvalue weighted by Gasteiger charge is -2.26. The highest BCUT2D eigenvalue weighted by molar-refractivity contribution is 5.23. The number of nitrogens with two attached hydrogens (primary N) is 1. The first-order chi connectivity index (χ1) is 7.06. The molecule has 0 spiro atoms. The Morgan fingerprint density at radius 2 is 1.87 bits per heavy atom. The van der Waals surface area contributed by atoms with Crippen molar-refractivity contribution >= 4 is 0 Å². The molecule has 2 heteroatoms. The molecule has 0 saturated carbocycles. The van der Waals surface area contributed by atoms with E-state index >= 15 is 0 Å². The van der Waals surface area contributed by atoms with Crippen LogP contribution in [-0.4, -0.2) is 17.8 Å². The maximum atomic E-state index is 8.88. The van der Waals surface area contributed by atoms with Gasteiger partial charge in [0.1, 0.15) is 0 Å². The van der Waals surface area contributed by atoms with E-state index in [0.29, 0.717) is 0 Å². The van der Waals surface area contributed by atoms with Gasteiger partial charge >= 0.3 is 0 Å². The molecule has 1 atom stereocenters. The summed E-state index contributed by atoms with van der Waals surface area (Å²) in [4.78, 5) is 0. The van der Waals surface area contributed by atoms with Crippen LogP contribution in [0.4, 0.5) is 0 Å². The van der Waals surface area contributed by atoms with Crippen LogP contribution in [0.25, 0.3) is 0 Å². The molecular formula is C13H21NO. The first kappa shape index (κ1) is 12.2. The molecule has 0 aromatic heterocycles. The van der Waals surface area contributed by atoms with Gasteiger partial charge in [-0.15, -0.1) is 0 Å². The fourth-order valence-corrected chi connectivity index (χ4v) is 1.67. The maximum Gasteiger partial charge on any atom is 0.0582 e. The summed E-state index contributed by atoms with van der Waals surface area (Å²) in [6.07, 6.45) is 1.86. The average Bonchev–Trinajstić information content (AvgIpc) is 2.27. The summed E-state index contributed by atoms with van der Waals surface area (Å²) in [5.41, 5.74) is 7.17. The summed E-state index contributed by atoms with van der Waals surface area (Å²) in [5, 5.41) is 8.88. The summed E-state index contributed by atoms with van der Waals surface area (Å²) in [6.45, 7) is 4.50. The van der Waals surface area contributed by atoms with E-state index in [1.165, 1.54) is 5.56 Å². The molecule has 1 aromatic rings. The number of hydrogen-bond acceptors (Lipinski definition) is 2. The highest BCUT2D eigenvalue weighted by atomic mass is 16.3. The summed E-state index contributed by atoms with van der Waals surface area (Å²) >= 11 is 0. The van der Waals surface area contributed by atoms with Crippen LogP contribution >= 0.6 is 0 Å². The third-order valence-corrected chi connectivity index (χ3v) is 2.93. The Bertz CT molecular complexity index is 282. The third kappa shape index (κ3) is 3.65. The van der Waals surface area contributed by atoms with Crippen LogP contribution < -0.4 is 5.73 Å². The molecule has 0 radical (unpaired) electrons. The van der Waals surface area contributed by atoms with Gasteiger partial charge in [-0.1, -0.05) is 44.2 Å². The smallest absolute Gasteiger partial charge is 0.0582 e. The Balaban J connectivity index is 2.59. The molecule has 0 amide bonds. The first-order valence-electron chi connectivity index (χ1n) is 5.48. The van der Waals surface area contributed by atoms with Gasteiger partial charge in [0.25, 0.3) is 0 Å². The highest BCUT2D eigenvalue weighted by Crippen LogP contribution is 2.28. The Morgan fingerprint density at radius 3 is 2.40 bits per heavy atom. The van der Waals surface area contributed by atoms with Crippen LogP contribution in [0.3, 0.4) is 0 Å². The van der Waals surface area contributed by atoms with Gasteiger partial charge in [0.2, 0.25) is 0 Å². The van der Waals surface area contributed by atoms with Gasteiger partial charge < -0.3 is 10.8 Å². The van der Waals surface area contributed by atoms with Crippen molar-refractivity contribution < 1.29 is 5.11 Å². The van der Waals surface area contributed by atoms with E-state index in [0.717, 1.165) is 12.8 Å². The lowest BCUT2D eigenvalue weighted by atomic mass is 9.80. The fourth-order valence-electron chi connectivity index (χ4n) is 1.67. The standard InChI is InChI=1S/C13H21NO/c1-13(2,9-8-12(14)10-15)11-6-4-3-5-7-11/h3-7,12,15H,8-10,14H2,1-2H3/t12-/m0/s1. The molecule has 1 rings (SSSR count). The Morgan fingerprint density at radius 1 is 1.27 bits per heavy atom. The maximum absolute atomic E-state index is 8.88. The van der Waals surface area contributed by atoms with Crippen LogP contribution in [0.5, 0.6) is 0 Å². The Hall–Kier alpha value is -0.860. The molecule has 1 aromatic carbocycles. The molecule has 0 saturated heterocycles. The van der Waals surface area contributed by atoms with Crippen LogP contribution in [-0.2, 0) is 5.41 Å². The zero-order valence-corrected chi connectivity index (χ0v) is 9.61. The predicted octanol–water partition coefficient (Wildman–Crippen LogP) is 2.06. The molecule has 0 fully saturated rings. The van der Waals surface area contributed by atoms with Gasteiger partial charge in [-0.25, -0.2) is 0 Å². The second-order valence-electron chi connectivity index (χ2n) is 4.73. The second kappa shape index (κ2) is 5.29. The molecule has 0 bridgehead atoms. The highest BCUT2D eigenvalue weighted by Gasteiger charge is 2.20. The van der Waals surface area contributed by atoms with Gasteiger partial charge in [-0.3, -0.25) is 0 Å². The fraction of sp³-hybridized carbons (Fsp3) is 0.538. The van der Waals surface area contributed by atoms with Crippen molar-refractivity contribution in [2.45, 2.75) is 38.1 Å². The molecule has 0 unspecified atom stereocenters. The number of hydrogen-bond donors (Lipinski definition) is 2. The normalized spacial score (nSPS) is 13.9. The molecule has 0 aliphatic rings. The monoisotopic (exact) mass is 207 g/mol. The lowest BCUT2D eigenvalue weighted by molar-refractivity contribution is 0.251. The molecule has 3 N–H and O–H groups in total. The van der Waals surface area contributed by atoms with Crippen molar-refractivity contribution in [2.75, 3.05) is 6.61 Å². The van der Waals surface area contributed by atoms with E-state index < -0.39 is 0 Å². The van der Waals surface area contributed by atoms with E-state index in [2.05, 4.69) is 38.1 Å². The minimum atomic E-state index is -0.0898. The molecule has 0 aliphatic carbocycles. The van der Waals surface area contributed by atoms with Crippen molar-refractivity contribution in [1.82, 2.24) is 0 Å². The van der Waals surface area contributed by atoms with Crippen LogP contribution in [0, 0.1) is 0 Å². The summed E-state index contributed by atoms with van der Waals surface area (Å²) in [6, 6.07) is 10.3. The summed E-state index contributed by atoms with van der Waals surface area (Å²) < 4.78 is 0. The second-order valence-corrected chi connectivity index (χ2v) is 4.73. The summed E-state index contributed by atoms with van der Waals surface area (Å²) in [5.74, 6) is 0. The molecule has 0 heterocycles. The van der Waals surface area contributed by atoms with Gasteiger partial charge in [0.05, 0.1) is 6.61 Å². The zero-order valence-electron chi connectivity index (χ0n) is 9.61. The van der Waals surface area contributed by atoms with Crippen LogP contribution in [0.1, 0.15) is 32.3 Å². The number of rotatable bonds is 5. The van der Waals surface area contributed by atoms with Crippen molar-refractivity contribution in [1.29, 1.82) is 0 Å². The molecule has 0 aliphatic heterocycles. The largest absolute Gasteiger partial charge is 0.395 e. The molecular weight excluding hydrogens is 186 g/mol. The number of aliphatic hydroxyl groups is 1. The molecule has 15 heavy (non-hydrogen) atoms. The van der Waals surface area contributed by atoms with E-state index in [1.54, 1.807) is 0 Å². The number of benzene rings is 1. The average molecular weight is 207 g/mol. The Kier molecular flexibility index (Phi) is 4.30. The summed E-state index contributed by atoms with van der Waals surface area (Å²) in [7, 11) is 0. The van der Waals surface area contributed by atoms with Gasteiger partial charge in [-0.2, -0.15) is 0 Å². The SMILES string of the molecule is CC(C)(CC[C@H](N)CO)c1ccccc1. The van der Waals surface area contributed by atoms with E-state index in [1.807, 2.05) is 6.07 Å². The van der Waals surface area contributed by atoms with Gasteiger partial charge in [-0.05, 0) is 23.8 Å². The first-order valence-corrected chi connectivity index (χ1v) is 5.48. The minimum absolute atomic E-state index is 0.0743. The van der Waals surface area contributed by atoms with E-state index in [4.69, 9.17) is 10.8 Å². The Labute approximate surface area is 92.1 Å². The van der Waals surface area contributed by atoms with Crippen molar-refractivity contribution in [3.63, 3.8) is 0 Å². The van der Waals surface area contributed by atoms with Gasteiger partial charge in [0.15, 0.2) is 0 Å². The topological polar surface area (TPSA) is 46.2 Å². The minimum Gasteiger partial charge on any atom is -0.395 e. The van der Waals surface area contributed by atoms with Gasteiger partial charge in [0, 0.05) is 6.04 Å². The lowest BCUT2D eigenvalue weighted by Crippen LogP contribution is -2.28. The zero-order chi connectivity index (χ0) is 11.3. The quantitative estimate of drug-likeness (QED) is 0.776. The van der Waals surface area contributed by atoms with Crippen molar-refractivity contribution in [3.05, 3.63) is 35.9 Å². The van der Waals surface area contributed by atoms with Crippen molar-refractivity contribution in [2.24, 2.45) is 5.73 Å². The third-order valence-electron chi connectivity index (χ3n) is 2.93. The molecule has 84 valence electrons.